The van der Waals surface area contributed by atoms with Gasteiger partial charge in [0, 0.05) is 0 Å². The smallest absolute Gasteiger partial charge is 0.308 e. The van der Waals surface area contributed by atoms with E-state index in [2.05, 4.69) is 13.8 Å². The zero-order valence-electron chi connectivity index (χ0n) is 18.8. The number of ether oxygens (including phenoxy) is 2. The molecule has 2 fully saturated rings. The van der Waals surface area contributed by atoms with Gasteiger partial charge in [-0.15, -0.1) is 0 Å². The molecular weight excluding hydrogens is 348 g/mol. The van der Waals surface area contributed by atoms with Crippen LogP contribution in [0.25, 0.3) is 0 Å². The Morgan fingerprint density at radius 3 is 1.96 bits per heavy atom. The summed E-state index contributed by atoms with van der Waals surface area (Å²) in [5.41, 5.74) is 0. The minimum Gasteiger partial charge on any atom is -0.465 e. The van der Waals surface area contributed by atoms with Crippen LogP contribution in [0.2, 0.25) is 0 Å². The first-order valence-electron chi connectivity index (χ1n) is 12.6. The molecule has 0 aromatic carbocycles. The van der Waals surface area contributed by atoms with Crippen molar-refractivity contribution in [3.8, 4) is 0 Å². The fourth-order valence-corrected chi connectivity index (χ4v) is 4.68. The maximum absolute atomic E-state index is 12.7. The Bertz CT molecular complexity index is 409. The van der Waals surface area contributed by atoms with Gasteiger partial charge in [0.25, 0.3) is 0 Å². The molecule has 0 aromatic rings. The number of hydrogen-bond acceptors (Lipinski definition) is 3. The van der Waals surface area contributed by atoms with Crippen LogP contribution in [0.5, 0.6) is 0 Å². The zero-order valence-corrected chi connectivity index (χ0v) is 18.8. The lowest BCUT2D eigenvalue weighted by atomic mass is 9.90. The number of fused-ring (bicyclic) bond motifs is 1. The first-order valence-corrected chi connectivity index (χ1v) is 12.6. The molecule has 1 heterocycles. The molecule has 0 radical (unpaired) electrons. The number of hydrogen-bond donors (Lipinski definition) is 0. The Hall–Kier alpha value is -0.570. The van der Waals surface area contributed by atoms with E-state index >= 15 is 0 Å². The largest absolute Gasteiger partial charge is 0.465 e. The topological polar surface area (TPSA) is 38.8 Å². The second-order valence-electron chi connectivity index (χ2n) is 9.33. The lowest BCUT2D eigenvalue weighted by molar-refractivity contribution is -0.150. The molecule has 2 aliphatic rings. The van der Waals surface area contributed by atoms with Crippen molar-refractivity contribution < 1.29 is 14.3 Å². The van der Waals surface area contributed by atoms with E-state index < -0.39 is 0 Å². The van der Waals surface area contributed by atoms with E-state index in [-0.39, 0.29) is 11.9 Å². The summed E-state index contributed by atoms with van der Waals surface area (Å²) >= 11 is 0. The molecule has 0 N–H and O–H groups in total. The van der Waals surface area contributed by atoms with E-state index in [4.69, 9.17) is 9.47 Å². The van der Waals surface area contributed by atoms with Crippen molar-refractivity contribution >= 4 is 5.97 Å². The van der Waals surface area contributed by atoms with Crippen LogP contribution in [-0.4, -0.2) is 24.8 Å². The molecule has 3 nitrogen and oxygen atoms in total. The molecule has 0 aromatic heterocycles. The number of unbranched alkanes of at least 4 members (excludes halogenated alkanes) is 10. The summed E-state index contributed by atoms with van der Waals surface area (Å²) in [5.74, 6) is 0.738. The van der Waals surface area contributed by atoms with Crippen molar-refractivity contribution in [3.63, 3.8) is 0 Å². The monoisotopic (exact) mass is 394 g/mol. The Kier molecular flexibility index (Phi) is 12.2. The van der Waals surface area contributed by atoms with Crippen molar-refractivity contribution in [2.75, 3.05) is 6.61 Å². The fraction of sp³-hybridized carbons (Fsp3) is 0.960. The molecule has 3 unspecified atom stereocenters. The predicted molar refractivity (Wildman–Crippen MR) is 116 cm³/mol. The van der Waals surface area contributed by atoms with E-state index in [9.17, 15) is 4.79 Å². The second kappa shape index (κ2) is 14.4. The van der Waals surface area contributed by atoms with Gasteiger partial charge >= 0.3 is 5.97 Å². The van der Waals surface area contributed by atoms with Crippen molar-refractivity contribution in [1.82, 2.24) is 0 Å². The van der Waals surface area contributed by atoms with Crippen LogP contribution in [0, 0.1) is 11.8 Å². The van der Waals surface area contributed by atoms with Gasteiger partial charge in [-0.05, 0) is 38.0 Å². The molecule has 1 aliphatic carbocycles. The third-order valence-corrected chi connectivity index (χ3v) is 6.72. The Morgan fingerprint density at radius 2 is 1.39 bits per heavy atom. The molecule has 0 amide bonds. The van der Waals surface area contributed by atoms with E-state index in [0.29, 0.717) is 24.7 Å². The number of esters is 1. The Labute approximate surface area is 174 Å². The Morgan fingerprint density at radius 1 is 0.821 bits per heavy atom. The molecular formula is C25H46O3. The summed E-state index contributed by atoms with van der Waals surface area (Å²) < 4.78 is 11.4. The Balaban J connectivity index is 1.63. The highest BCUT2D eigenvalue weighted by Crippen LogP contribution is 2.39. The van der Waals surface area contributed by atoms with Gasteiger partial charge in [-0.1, -0.05) is 90.9 Å². The summed E-state index contributed by atoms with van der Waals surface area (Å²) in [6, 6.07) is 0. The number of epoxide rings is 1. The summed E-state index contributed by atoms with van der Waals surface area (Å²) in [6.07, 6.45) is 22.0. The molecule has 0 spiro atoms. The molecule has 164 valence electrons. The summed E-state index contributed by atoms with van der Waals surface area (Å²) in [4.78, 5) is 12.7. The maximum atomic E-state index is 12.7. The number of carbonyl (C=O) groups is 1. The summed E-state index contributed by atoms with van der Waals surface area (Å²) in [6.45, 7) is 5.13. The van der Waals surface area contributed by atoms with Crippen LogP contribution in [0.15, 0.2) is 0 Å². The van der Waals surface area contributed by atoms with Gasteiger partial charge < -0.3 is 9.47 Å². The molecule has 1 aliphatic heterocycles. The molecule has 0 bridgehead atoms. The lowest BCUT2D eigenvalue weighted by Crippen LogP contribution is -2.24. The third-order valence-electron chi connectivity index (χ3n) is 6.72. The van der Waals surface area contributed by atoms with E-state index in [1.807, 2.05) is 0 Å². The number of rotatable bonds is 17. The molecule has 1 saturated carbocycles. The average molecular weight is 395 g/mol. The molecule has 1 saturated heterocycles. The quantitative estimate of drug-likeness (QED) is 0.148. The summed E-state index contributed by atoms with van der Waals surface area (Å²) in [5, 5.41) is 0. The van der Waals surface area contributed by atoms with Gasteiger partial charge in [0.2, 0.25) is 0 Å². The summed E-state index contributed by atoms with van der Waals surface area (Å²) in [7, 11) is 0. The molecule has 4 atom stereocenters. The average Bonchev–Trinajstić information content (AvgIpc) is 3.48. The first kappa shape index (κ1) is 23.7. The van der Waals surface area contributed by atoms with Gasteiger partial charge in [-0.25, -0.2) is 0 Å². The molecule has 28 heavy (non-hydrogen) atoms. The SMILES string of the molecule is CCCCCCCCCC(CCCCCCC)C(=O)OCC1CCC2O[C@H]2C1. The van der Waals surface area contributed by atoms with Crippen molar-refractivity contribution in [3.05, 3.63) is 0 Å². The third kappa shape index (κ3) is 9.76. The van der Waals surface area contributed by atoms with Gasteiger partial charge in [-0.2, -0.15) is 0 Å². The highest BCUT2D eigenvalue weighted by Gasteiger charge is 2.44. The molecule has 2 rings (SSSR count). The normalized spacial score (nSPS) is 24.6. The van der Waals surface area contributed by atoms with Crippen molar-refractivity contribution in [1.29, 1.82) is 0 Å². The standard InChI is InChI=1S/C25H46O3/c1-3-5-7-9-10-12-14-16-22(15-13-11-8-6-4-2)25(26)27-20-21-17-18-23-24(19-21)28-23/h21-24H,3-20H2,1-2H3/t21?,22?,23?,24-/m0/s1. The highest BCUT2D eigenvalue weighted by atomic mass is 16.6. The van der Waals surface area contributed by atoms with Crippen LogP contribution in [0.1, 0.15) is 123 Å². The van der Waals surface area contributed by atoms with Gasteiger partial charge in [0.1, 0.15) is 0 Å². The van der Waals surface area contributed by atoms with E-state index in [1.54, 1.807) is 0 Å². The maximum Gasteiger partial charge on any atom is 0.308 e. The minimum absolute atomic E-state index is 0.0836. The van der Waals surface area contributed by atoms with Crippen LogP contribution in [-0.2, 0) is 14.3 Å². The van der Waals surface area contributed by atoms with Crippen LogP contribution < -0.4 is 0 Å². The van der Waals surface area contributed by atoms with E-state index in [0.717, 1.165) is 32.1 Å². The van der Waals surface area contributed by atoms with Gasteiger partial charge in [0.15, 0.2) is 0 Å². The number of carbonyl (C=O) groups excluding carboxylic acids is 1. The van der Waals surface area contributed by atoms with Crippen LogP contribution in [0.4, 0.5) is 0 Å². The second-order valence-corrected chi connectivity index (χ2v) is 9.33. The predicted octanol–water partition coefficient (Wildman–Crippen LogP) is 7.21. The van der Waals surface area contributed by atoms with Crippen LogP contribution in [0.3, 0.4) is 0 Å². The van der Waals surface area contributed by atoms with Gasteiger partial charge in [-0.3, -0.25) is 4.79 Å². The molecule has 3 heteroatoms. The van der Waals surface area contributed by atoms with Crippen molar-refractivity contribution in [2.24, 2.45) is 11.8 Å². The van der Waals surface area contributed by atoms with Crippen molar-refractivity contribution in [2.45, 2.75) is 135 Å². The fourth-order valence-electron chi connectivity index (χ4n) is 4.68. The highest BCUT2D eigenvalue weighted by molar-refractivity contribution is 5.72. The van der Waals surface area contributed by atoms with Crippen LogP contribution >= 0.6 is 0 Å². The first-order chi connectivity index (χ1) is 13.7. The minimum atomic E-state index is 0.0836. The zero-order chi connectivity index (χ0) is 20.0. The van der Waals surface area contributed by atoms with E-state index in [1.165, 1.54) is 77.0 Å². The lowest BCUT2D eigenvalue weighted by Gasteiger charge is -2.21. The van der Waals surface area contributed by atoms with Gasteiger partial charge in [0.05, 0.1) is 24.7 Å².